The molecule has 0 saturated heterocycles. The number of benzene rings is 1. The molecular formula is C15H20Cl2N2O3S. The van der Waals surface area contributed by atoms with E-state index in [9.17, 15) is 9.59 Å². The van der Waals surface area contributed by atoms with Gasteiger partial charge in [0.15, 0.2) is 0 Å². The van der Waals surface area contributed by atoms with Gasteiger partial charge in [-0.25, -0.2) is 0 Å². The van der Waals surface area contributed by atoms with Crippen molar-refractivity contribution in [3.63, 3.8) is 0 Å². The Morgan fingerprint density at radius 2 is 2.09 bits per heavy atom. The Hall–Kier alpha value is -0.950. The maximum Gasteiger partial charge on any atom is 0.253 e. The Kier molecular flexibility index (Phi) is 9.40. The second-order valence-corrected chi connectivity index (χ2v) is 6.54. The smallest absolute Gasteiger partial charge is 0.253 e. The number of hydrogen-bond donors (Lipinski definition) is 2. The van der Waals surface area contributed by atoms with E-state index in [2.05, 4.69) is 10.6 Å². The van der Waals surface area contributed by atoms with Crippen molar-refractivity contribution >= 4 is 46.8 Å². The zero-order valence-corrected chi connectivity index (χ0v) is 15.4. The summed E-state index contributed by atoms with van der Waals surface area (Å²) in [5.41, 5.74) is 0.287. The molecule has 2 amide bonds. The second-order valence-electron chi connectivity index (χ2n) is 4.72. The molecule has 0 bridgehead atoms. The van der Waals surface area contributed by atoms with Gasteiger partial charge in [-0.2, -0.15) is 11.8 Å². The fourth-order valence-corrected chi connectivity index (χ4v) is 2.78. The molecule has 0 aromatic heterocycles. The van der Waals surface area contributed by atoms with Crippen molar-refractivity contribution < 1.29 is 14.3 Å². The third-order valence-corrected chi connectivity index (χ3v) is 4.21. The molecule has 1 aromatic carbocycles. The highest BCUT2D eigenvalue weighted by atomic mass is 35.5. The lowest BCUT2D eigenvalue weighted by Crippen LogP contribution is -2.47. The van der Waals surface area contributed by atoms with Crippen LogP contribution in [0, 0.1) is 0 Å². The van der Waals surface area contributed by atoms with Gasteiger partial charge in [0, 0.05) is 18.7 Å². The molecule has 0 saturated carbocycles. The van der Waals surface area contributed by atoms with Gasteiger partial charge in [-0.3, -0.25) is 9.59 Å². The molecule has 2 N–H and O–H groups in total. The van der Waals surface area contributed by atoms with Crippen LogP contribution in [-0.4, -0.2) is 50.1 Å². The number of ether oxygens (including phenoxy) is 1. The van der Waals surface area contributed by atoms with E-state index >= 15 is 0 Å². The van der Waals surface area contributed by atoms with E-state index in [1.165, 1.54) is 12.1 Å². The number of hydrogen-bond acceptors (Lipinski definition) is 4. The Morgan fingerprint density at radius 3 is 2.70 bits per heavy atom. The molecule has 128 valence electrons. The summed E-state index contributed by atoms with van der Waals surface area (Å²) in [5.74, 6) is 0.103. The van der Waals surface area contributed by atoms with Crippen molar-refractivity contribution in [2.45, 2.75) is 12.5 Å². The van der Waals surface area contributed by atoms with E-state index in [1.54, 1.807) is 24.9 Å². The average Bonchev–Trinajstić information content (AvgIpc) is 2.51. The first-order chi connectivity index (χ1) is 11.0. The summed E-state index contributed by atoms with van der Waals surface area (Å²) in [6.45, 7) is 0.806. The average molecular weight is 379 g/mol. The Balaban J connectivity index is 2.74. The molecule has 23 heavy (non-hydrogen) atoms. The minimum absolute atomic E-state index is 0.241. The maximum atomic E-state index is 12.3. The van der Waals surface area contributed by atoms with Gasteiger partial charge in [0.25, 0.3) is 5.91 Å². The summed E-state index contributed by atoms with van der Waals surface area (Å²) in [6.07, 6.45) is 2.47. The zero-order chi connectivity index (χ0) is 17.2. The van der Waals surface area contributed by atoms with Gasteiger partial charge < -0.3 is 15.4 Å². The van der Waals surface area contributed by atoms with Gasteiger partial charge in [-0.05, 0) is 36.6 Å². The number of methoxy groups -OCH3 is 1. The number of thioether (sulfide) groups is 1. The van der Waals surface area contributed by atoms with Crippen molar-refractivity contribution in [2.75, 3.05) is 32.3 Å². The van der Waals surface area contributed by atoms with Gasteiger partial charge in [0.05, 0.1) is 17.2 Å². The standard InChI is InChI=1S/C15H20Cl2N2O3S/c1-22-7-6-18-15(21)13(5-8-23-2)19-14(20)11-4-3-10(16)9-12(11)17/h3-4,9,13H,5-8H2,1-2H3,(H,18,21)(H,19,20). The summed E-state index contributed by atoms with van der Waals surface area (Å²) >= 11 is 13.5. The molecule has 1 unspecified atom stereocenters. The largest absolute Gasteiger partial charge is 0.383 e. The fraction of sp³-hybridized carbons (Fsp3) is 0.467. The molecule has 8 heteroatoms. The molecule has 1 atom stereocenters. The van der Waals surface area contributed by atoms with Crippen LogP contribution < -0.4 is 10.6 Å². The number of nitrogens with one attached hydrogen (secondary N) is 2. The van der Waals surface area contributed by atoms with Crippen LogP contribution in [0.25, 0.3) is 0 Å². The Bertz CT molecular complexity index is 543. The molecule has 0 aliphatic carbocycles. The van der Waals surface area contributed by atoms with Crippen LogP contribution in [0.4, 0.5) is 0 Å². The van der Waals surface area contributed by atoms with Crippen molar-refractivity contribution in [3.05, 3.63) is 33.8 Å². The van der Waals surface area contributed by atoms with E-state index < -0.39 is 11.9 Å². The highest BCUT2D eigenvalue weighted by Gasteiger charge is 2.22. The third kappa shape index (κ3) is 6.99. The summed E-state index contributed by atoms with van der Waals surface area (Å²) in [5, 5.41) is 6.15. The highest BCUT2D eigenvalue weighted by Crippen LogP contribution is 2.21. The Morgan fingerprint density at radius 1 is 1.35 bits per heavy atom. The van der Waals surface area contributed by atoms with Crippen LogP contribution in [0.3, 0.4) is 0 Å². The van der Waals surface area contributed by atoms with Gasteiger partial charge in [0.2, 0.25) is 5.91 Å². The summed E-state index contributed by atoms with van der Waals surface area (Å²) < 4.78 is 4.89. The predicted molar refractivity (Wildman–Crippen MR) is 95.6 cm³/mol. The van der Waals surface area contributed by atoms with E-state index in [-0.39, 0.29) is 16.5 Å². The number of rotatable bonds is 9. The molecule has 0 heterocycles. The van der Waals surface area contributed by atoms with Crippen molar-refractivity contribution in [3.8, 4) is 0 Å². The molecule has 0 radical (unpaired) electrons. The molecule has 5 nitrogen and oxygen atoms in total. The molecule has 0 spiro atoms. The van der Waals surface area contributed by atoms with Crippen molar-refractivity contribution in [1.29, 1.82) is 0 Å². The first kappa shape index (κ1) is 20.1. The molecule has 0 fully saturated rings. The maximum absolute atomic E-state index is 12.3. The van der Waals surface area contributed by atoms with Crippen molar-refractivity contribution in [2.24, 2.45) is 0 Å². The van der Waals surface area contributed by atoms with Crippen LogP contribution >= 0.6 is 35.0 Å². The zero-order valence-electron chi connectivity index (χ0n) is 13.0. The third-order valence-electron chi connectivity index (χ3n) is 3.01. The lowest BCUT2D eigenvalue weighted by Gasteiger charge is -2.18. The topological polar surface area (TPSA) is 67.4 Å². The number of carbonyl (C=O) groups excluding carboxylic acids is 2. The molecule has 0 aliphatic rings. The van der Waals surface area contributed by atoms with E-state index in [0.717, 1.165) is 5.75 Å². The summed E-state index contributed by atoms with van der Waals surface area (Å²) in [7, 11) is 1.56. The van der Waals surface area contributed by atoms with E-state index in [0.29, 0.717) is 24.6 Å². The SMILES string of the molecule is COCCNC(=O)C(CCSC)NC(=O)c1ccc(Cl)cc1Cl. The first-order valence-electron chi connectivity index (χ1n) is 7.01. The Labute approximate surface area is 150 Å². The van der Waals surface area contributed by atoms with E-state index in [4.69, 9.17) is 27.9 Å². The number of halogens is 2. The molecule has 1 rings (SSSR count). The van der Waals surface area contributed by atoms with E-state index in [1.807, 2.05) is 6.26 Å². The van der Waals surface area contributed by atoms with Crippen LogP contribution in [0.1, 0.15) is 16.8 Å². The normalized spacial score (nSPS) is 11.8. The van der Waals surface area contributed by atoms with Crippen LogP contribution in [0.15, 0.2) is 18.2 Å². The predicted octanol–water partition coefficient (Wildman–Crippen LogP) is 2.61. The number of amides is 2. The van der Waals surface area contributed by atoms with Crippen LogP contribution in [0.2, 0.25) is 10.0 Å². The van der Waals surface area contributed by atoms with Crippen LogP contribution in [0.5, 0.6) is 0 Å². The molecule has 0 aliphatic heterocycles. The van der Waals surface area contributed by atoms with Gasteiger partial charge in [-0.1, -0.05) is 23.2 Å². The van der Waals surface area contributed by atoms with Crippen LogP contribution in [-0.2, 0) is 9.53 Å². The second kappa shape index (κ2) is 10.8. The minimum Gasteiger partial charge on any atom is -0.383 e. The summed E-state index contributed by atoms with van der Waals surface area (Å²) in [4.78, 5) is 24.5. The highest BCUT2D eigenvalue weighted by molar-refractivity contribution is 7.98. The first-order valence-corrected chi connectivity index (χ1v) is 9.16. The van der Waals surface area contributed by atoms with Gasteiger partial charge >= 0.3 is 0 Å². The van der Waals surface area contributed by atoms with Crippen molar-refractivity contribution in [1.82, 2.24) is 10.6 Å². The summed E-state index contributed by atoms with van der Waals surface area (Å²) in [6, 6.07) is 3.98. The number of carbonyl (C=O) groups is 2. The van der Waals surface area contributed by atoms with Gasteiger partial charge in [0.1, 0.15) is 6.04 Å². The quantitative estimate of drug-likeness (QED) is 0.648. The fourth-order valence-electron chi connectivity index (χ4n) is 1.81. The van der Waals surface area contributed by atoms with Gasteiger partial charge in [-0.15, -0.1) is 0 Å². The molecule has 1 aromatic rings. The minimum atomic E-state index is -0.626. The lowest BCUT2D eigenvalue weighted by molar-refractivity contribution is -0.123. The monoisotopic (exact) mass is 378 g/mol. The molecular weight excluding hydrogens is 359 g/mol. The lowest BCUT2D eigenvalue weighted by atomic mass is 10.1.